The molecule has 2 aliphatic heterocycles. The van der Waals surface area contributed by atoms with E-state index < -0.39 is 29.8 Å². The van der Waals surface area contributed by atoms with Gasteiger partial charge in [-0.25, -0.2) is 9.59 Å². The van der Waals surface area contributed by atoms with Gasteiger partial charge in [0.25, 0.3) is 11.8 Å². The number of amides is 2. The van der Waals surface area contributed by atoms with Crippen LogP contribution in [0.3, 0.4) is 0 Å². The molecule has 4 aromatic carbocycles. The van der Waals surface area contributed by atoms with Gasteiger partial charge in [-0.1, -0.05) is 36.4 Å². The average molecular weight is 421 g/mol. The molecule has 6 heteroatoms. The van der Waals surface area contributed by atoms with Crippen LogP contribution in [0.15, 0.2) is 66.7 Å². The zero-order valence-electron chi connectivity index (χ0n) is 16.9. The second kappa shape index (κ2) is 6.34. The van der Waals surface area contributed by atoms with E-state index in [2.05, 4.69) is 0 Å². The number of esters is 2. The quantitative estimate of drug-likeness (QED) is 0.267. The van der Waals surface area contributed by atoms with E-state index in [0.717, 1.165) is 16.3 Å². The van der Waals surface area contributed by atoms with E-state index in [-0.39, 0.29) is 22.3 Å². The van der Waals surface area contributed by atoms with Crippen LogP contribution in [0, 0.1) is 0 Å². The maximum atomic E-state index is 13.5. The van der Waals surface area contributed by atoms with Gasteiger partial charge < -0.3 is 4.74 Å². The van der Waals surface area contributed by atoms with Crippen LogP contribution in [0.5, 0.6) is 0 Å². The molecule has 4 aromatic rings. The Hall–Kier alpha value is -4.32. The average Bonchev–Trinajstić information content (AvgIpc) is 2.80. The highest BCUT2D eigenvalue weighted by atomic mass is 16.6. The van der Waals surface area contributed by atoms with Crippen LogP contribution >= 0.6 is 0 Å². The fourth-order valence-corrected chi connectivity index (χ4v) is 4.71. The van der Waals surface area contributed by atoms with Crippen LogP contribution in [0.2, 0.25) is 0 Å². The van der Waals surface area contributed by atoms with Gasteiger partial charge in [-0.05, 0) is 53.6 Å². The summed E-state index contributed by atoms with van der Waals surface area (Å²) in [5, 5.41) is 2.73. The SMILES string of the molecule is C[C@@H](c1ccc2ccccc2c1)N1C(=O)c2ccc3c4c(ccc(c24)C1=O)C(=O)OC3=O. The molecule has 0 N–H and O–H groups in total. The first-order valence-electron chi connectivity index (χ1n) is 10.2. The van der Waals surface area contributed by atoms with Crippen molar-refractivity contribution >= 4 is 45.3 Å². The number of imide groups is 1. The Labute approximate surface area is 182 Å². The predicted octanol–water partition coefficient (Wildman–Crippen LogP) is 4.66. The Bertz CT molecular complexity index is 1480. The summed E-state index contributed by atoms with van der Waals surface area (Å²) in [6, 6.07) is 19.2. The molecule has 0 fully saturated rings. The summed E-state index contributed by atoms with van der Waals surface area (Å²) in [6.07, 6.45) is 0. The van der Waals surface area contributed by atoms with E-state index >= 15 is 0 Å². The highest BCUT2D eigenvalue weighted by Gasteiger charge is 2.39. The van der Waals surface area contributed by atoms with E-state index in [1.54, 1.807) is 0 Å². The van der Waals surface area contributed by atoms with Gasteiger partial charge in [0, 0.05) is 21.9 Å². The van der Waals surface area contributed by atoms with Crippen LogP contribution in [0.25, 0.3) is 21.5 Å². The van der Waals surface area contributed by atoms with Crippen molar-refractivity contribution in [3.63, 3.8) is 0 Å². The number of cyclic esters (lactones) is 2. The van der Waals surface area contributed by atoms with Crippen molar-refractivity contribution in [2.75, 3.05) is 0 Å². The van der Waals surface area contributed by atoms with Crippen LogP contribution in [-0.4, -0.2) is 28.7 Å². The summed E-state index contributed by atoms with van der Waals surface area (Å²) in [7, 11) is 0. The number of rotatable bonds is 2. The van der Waals surface area contributed by atoms with Crippen molar-refractivity contribution < 1.29 is 23.9 Å². The summed E-state index contributed by atoms with van der Waals surface area (Å²) < 4.78 is 4.78. The van der Waals surface area contributed by atoms with Crippen LogP contribution in [-0.2, 0) is 4.74 Å². The van der Waals surface area contributed by atoms with Gasteiger partial charge in [0.2, 0.25) is 0 Å². The molecule has 1 atom stereocenters. The first kappa shape index (κ1) is 18.4. The lowest BCUT2D eigenvalue weighted by Crippen LogP contribution is -2.42. The molecule has 0 saturated heterocycles. The molecular weight excluding hydrogens is 406 g/mol. The molecule has 32 heavy (non-hydrogen) atoms. The zero-order valence-corrected chi connectivity index (χ0v) is 16.9. The molecule has 2 heterocycles. The topological polar surface area (TPSA) is 80.8 Å². The van der Waals surface area contributed by atoms with Crippen molar-refractivity contribution in [2.24, 2.45) is 0 Å². The highest BCUT2D eigenvalue weighted by molar-refractivity contribution is 6.31. The standard InChI is InChI=1S/C26H15NO5/c1-13(15-7-6-14-4-2-3-5-16(14)12-15)27-23(28)17-8-10-19-22-20(26(31)32-25(19)30)11-9-18(21(17)22)24(27)29/h2-13H,1H3/t13-/m0/s1. The summed E-state index contributed by atoms with van der Waals surface area (Å²) in [6.45, 7) is 1.81. The Kier molecular flexibility index (Phi) is 3.66. The molecule has 2 aliphatic rings. The molecule has 0 bridgehead atoms. The van der Waals surface area contributed by atoms with Gasteiger partial charge in [0.15, 0.2) is 0 Å². The minimum atomic E-state index is -0.780. The van der Waals surface area contributed by atoms with E-state index in [0.29, 0.717) is 10.8 Å². The molecule has 2 amide bonds. The molecule has 0 aromatic heterocycles. The second-order valence-corrected chi connectivity index (χ2v) is 8.01. The third kappa shape index (κ3) is 2.34. The fraction of sp³-hybridized carbons (Fsp3) is 0.0769. The van der Waals surface area contributed by atoms with Gasteiger partial charge in [-0.2, -0.15) is 0 Å². The molecular formula is C26H15NO5. The first-order chi connectivity index (χ1) is 15.5. The molecule has 6 nitrogen and oxygen atoms in total. The van der Waals surface area contributed by atoms with E-state index in [1.807, 2.05) is 49.4 Å². The number of benzene rings is 4. The summed E-state index contributed by atoms with van der Waals surface area (Å²) in [4.78, 5) is 52.7. The maximum absolute atomic E-state index is 13.5. The molecule has 0 radical (unpaired) electrons. The van der Waals surface area contributed by atoms with Gasteiger partial charge >= 0.3 is 11.9 Å². The summed E-state index contributed by atoms with van der Waals surface area (Å²) >= 11 is 0. The lowest BCUT2D eigenvalue weighted by atomic mass is 9.86. The first-order valence-corrected chi connectivity index (χ1v) is 10.2. The summed E-state index contributed by atoms with van der Waals surface area (Å²) in [5.41, 5.74) is 1.76. The Morgan fingerprint density at radius 2 is 1.19 bits per heavy atom. The molecule has 0 spiro atoms. The number of nitrogens with zero attached hydrogens (tertiary/aromatic N) is 1. The second-order valence-electron chi connectivity index (χ2n) is 8.01. The zero-order chi connectivity index (χ0) is 22.1. The van der Waals surface area contributed by atoms with E-state index in [9.17, 15) is 19.2 Å². The van der Waals surface area contributed by atoms with E-state index in [1.165, 1.54) is 29.2 Å². The lowest BCUT2D eigenvalue weighted by Gasteiger charge is -2.33. The third-order valence-electron chi connectivity index (χ3n) is 6.33. The normalized spacial score (nSPS) is 16.0. The van der Waals surface area contributed by atoms with Gasteiger partial charge in [-0.3, -0.25) is 14.5 Å². The van der Waals surface area contributed by atoms with Crippen molar-refractivity contribution in [3.8, 4) is 0 Å². The van der Waals surface area contributed by atoms with Crippen LogP contribution in [0.1, 0.15) is 60.0 Å². The molecule has 0 aliphatic carbocycles. The Morgan fingerprint density at radius 3 is 1.81 bits per heavy atom. The Balaban J connectivity index is 1.53. The fourth-order valence-electron chi connectivity index (χ4n) is 4.71. The van der Waals surface area contributed by atoms with Gasteiger partial charge in [0.05, 0.1) is 17.2 Å². The molecule has 6 rings (SSSR count). The highest BCUT2D eigenvalue weighted by Crippen LogP contribution is 2.39. The number of fused-ring (bicyclic) bond motifs is 1. The molecule has 154 valence electrons. The van der Waals surface area contributed by atoms with Crippen molar-refractivity contribution in [2.45, 2.75) is 13.0 Å². The third-order valence-corrected chi connectivity index (χ3v) is 6.33. The van der Waals surface area contributed by atoms with Crippen LogP contribution in [0.4, 0.5) is 0 Å². The van der Waals surface area contributed by atoms with Crippen molar-refractivity contribution in [1.29, 1.82) is 0 Å². The maximum Gasteiger partial charge on any atom is 0.346 e. The molecule has 0 unspecified atom stereocenters. The number of carbonyl (C=O) groups excluding carboxylic acids is 4. The lowest BCUT2D eigenvalue weighted by molar-refractivity contribution is 0.0387. The minimum Gasteiger partial charge on any atom is -0.386 e. The van der Waals surface area contributed by atoms with Gasteiger partial charge in [-0.15, -0.1) is 0 Å². The molecule has 0 saturated carbocycles. The largest absolute Gasteiger partial charge is 0.386 e. The summed E-state index contributed by atoms with van der Waals surface area (Å²) in [5.74, 6) is -2.48. The van der Waals surface area contributed by atoms with Crippen LogP contribution < -0.4 is 0 Å². The van der Waals surface area contributed by atoms with Crippen molar-refractivity contribution in [1.82, 2.24) is 4.90 Å². The van der Waals surface area contributed by atoms with Crippen molar-refractivity contribution in [3.05, 3.63) is 94.5 Å². The Morgan fingerprint density at radius 1 is 0.656 bits per heavy atom. The van der Waals surface area contributed by atoms with E-state index in [4.69, 9.17) is 4.74 Å². The number of carbonyl (C=O) groups is 4. The monoisotopic (exact) mass is 421 g/mol. The van der Waals surface area contributed by atoms with Gasteiger partial charge in [0.1, 0.15) is 0 Å². The number of hydrogen-bond acceptors (Lipinski definition) is 5. The predicted molar refractivity (Wildman–Crippen MR) is 117 cm³/mol. The number of ether oxygens (including phenoxy) is 1. The minimum absolute atomic E-state index is 0.178. The number of hydrogen-bond donors (Lipinski definition) is 0. The smallest absolute Gasteiger partial charge is 0.346 e.